The Morgan fingerprint density at radius 1 is 1.18 bits per heavy atom. The molecule has 0 heterocycles. The predicted octanol–water partition coefficient (Wildman–Crippen LogP) is 2.26. The minimum atomic E-state index is -0.173. The van der Waals surface area contributed by atoms with Crippen LogP contribution in [0.1, 0.15) is 37.7 Å². The number of amides is 1. The second-order valence-electron chi connectivity index (χ2n) is 6.62. The Kier molecular flexibility index (Phi) is 5.11. The lowest BCUT2D eigenvalue weighted by Gasteiger charge is -2.26. The summed E-state index contributed by atoms with van der Waals surface area (Å²) in [6, 6.07) is 10.4. The Morgan fingerprint density at radius 3 is 2.64 bits per heavy atom. The van der Waals surface area contributed by atoms with Crippen LogP contribution in [0, 0.1) is 11.8 Å². The van der Waals surface area contributed by atoms with E-state index < -0.39 is 0 Å². The standard InChI is InChI=1S/C18H25NO3/c20-16-8-6-15(7-9-16)19-18(21)17-10-14(17)12-22-11-13-4-2-1-3-5-13/h1-5,14-17,20H,6-12H2,(H,19,21)/t14-,15?,16?,17+/m1/s1. The first-order valence-corrected chi connectivity index (χ1v) is 8.32. The summed E-state index contributed by atoms with van der Waals surface area (Å²) in [6.45, 7) is 1.28. The number of aliphatic hydroxyl groups excluding tert-OH is 1. The van der Waals surface area contributed by atoms with Gasteiger partial charge in [-0.05, 0) is 43.6 Å². The number of ether oxygens (including phenoxy) is 1. The number of nitrogens with one attached hydrogen (secondary N) is 1. The predicted molar refractivity (Wildman–Crippen MR) is 84.1 cm³/mol. The van der Waals surface area contributed by atoms with E-state index in [0.29, 0.717) is 19.1 Å². The number of carbonyl (C=O) groups is 1. The van der Waals surface area contributed by atoms with Crippen molar-refractivity contribution in [2.24, 2.45) is 11.8 Å². The van der Waals surface area contributed by atoms with E-state index in [4.69, 9.17) is 4.74 Å². The van der Waals surface area contributed by atoms with E-state index in [1.54, 1.807) is 0 Å². The van der Waals surface area contributed by atoms with Crippen LogP contribution in [0.25, 0.3) is 0 Å². The van der Waals surface area contributed by atoms with Crippen molar-refractivity contribution in [3.8, 4) is 0 Å². The van der Waals surface area contributed by atoms with Crippen molar-refractivity contribution in [1.29, 1.82) is 0 Å². The SMILES string of the molecule is O=C(NC1CCC(O)CC1)[C@H]1C[C@@H]1COCc1ccccc1. The van der Waals surface area contributed by atoms with Crippen LogP contribution in [0.15, 0.2) is 30.3 Å². The summed E-state index contributed by atoms with van der Waals surface area (Å²) in [5, 5.41) is 12.6. The fourth-order valence-corrected chi connectivity index (χ4v) is 3.18. The van der Waals surface area contributed by atoms with Gasteiger partial charge in [-0.2, -0.15) is 0 Å². The first kappa shape index (κ1) is 15.5. The number of benzene rings is 1. The first-order chi connectivity index (χ1) is 10.7. The molecule has 0 spiro atoms. The summed E-state index contributed by atoms with van der Waals surface area (Å²) in [6.07, 6.45) is 4.17. The maximum atomic E-state index is 12.2. The van der Waals surface area contributed by atoms with Gasteiger partial charge in [0.05, 0.1) is 19.3 Å². The largest absolute Gasteiger partial charge is 0.393 e. The minimum absolute atomic E-state index is 0.127. The number of carbonyl (C=O) groups excluding carboxylic acids is 1. The zero-order chi connectivity index (χ0) is 15.4. The van der Waals surface area contributed by atoms with Crippen molar-refractivity contribution < 1.29 is 14.6 Å². The van der Waals surface area contributed by atoms with Gasteiger partial charge in [-0.15, -0.1) is 0 Å². The molecule has 0 unspecified atom stereocenters. The van der Waals surface area contributed by atoms with Gasteiger partial charge in [-0.1, -0.05) is 30.3 Å². The van der Waals surface area contributed by atoms with E-state index in [1.165, 1.54) is 5.56 Å². The van der Waals surface area contributed by atoms with E-state index in [9.17, 15) is 9.90 Å². The molecule has 3 rings (SSSR count). The molecule has 22 heavy (non-hydrogen) atoms. The Hall–Kier alpha value is -1.39. The zero-order valence-corrected chi connectivity index (χ0v) is 12.9. The molecular formula is C18H25NO3. The highest BCUT2D eigenvalue weighted by atomic mass is 16.5. The monoisotopic (exact) mass is 303 g/mol. The van der Waals surface area contributed by atoms with Gasteiger partial charge in [-0.3, -0.25) is 4.79 Å². The van der Waals surface area contributed by atoms with Crippen molar-refractivity contribution in [3.05, 3.63) is 35.9 Å². The maximum absolute atomic E-state index is 12.2. The molecule has 4 heteroatoms. The molecule has 1 amide bonds. The van der Waals surface area contributed by atoms with E-state index >= 15 is 0 Å². The fourth-order valence-electron chi connectivity index (χ4n) is 3.18. The lowest BCUT2D eigenvalue weighted by atomic mass is 9.93. The van der Waals surface area contributed by atoms with Gasteiger partial charge in [0.15, 0.2) is 0 Å². The number of hydrogen-bond donors (Lipinski definition) is 2. The van der Waals surface area contributed by atoms with Crippen LogP contribution < -0.4 is 5.32 Å². The van der Waals surface area contributed by atoms with Crippen molar-refractivity contribution in [2.75, 3.05) is 6.61 Å². The molecule has 0 saturated heterocycles. The summed E-state index contributed by atoms with van der Waals surface area (Å²) in [7, 11) is 0. The van der Waals surface area contributed by atoms with Gasteiger partial charge in [0.1, 0.15) is 0 Å². The van der Waals surface area contributed by atoms with Crippen LogP contribution in [-0.4, -0.2) is 29.8 Å². The fraction of sp³-hybridized carbons (Fsp3) is 0.611. The third-order valence-electron chi connectivity index (χ3n) is 4.75. The molecule has 2 atom stereocenters. The van der Waals surface area contributed by atoms with Gasteiger partial charge in [0.25, 0.3) is 0 Å². The lowest BCUT2D eigenvalue weighted by Crippen LogP contribution is -2.39. The second kappa shape index (κ2) is 7.25. The van der Waals surface area contributed by atoms with Gasteiger partial charge >= 0.3 is 0 Å². The van der Waals surface area contributed by atoms with Crippen LogP contribution in [0.5, 0.6) is 0 Å². The summed E-state index contributed by atoms with van der Waals surface area (Å²) in [5.41, 5.74) is 1.17. The zero-order valence-electron chi connectivity index (χ0n) is 12.9. The molecule has 120 valence electrons. The molecule has 4 nitrogen and oxygen atoms in total. The number of rotatable bonds is 6. The highest BCUT2D eigenvalue weighted by Crippen LogP contribution is 2.39. The number of hydrogen-bond acceptors (Lipinski definition) is 3. The lowest BCUT2D eigenvalue weighted by molar-refractivity contribution is -0.123. The summed E-state index contributed by atoms with van der Waals surface area (Å²) in [5.74, 6) is 0.676. The number of aliphatic hydroxyl groups is 1. The Morgan fingerprint density at radius 2 is 1.91 bits per heavy atom. The molecule has 1 aromatic rings. The molecule has 2 aliphatic carbocycles. The molecule has 2 N–H and O–H groups in total. The van der Waals surface area contributed by atoms with Crippen LogP contribution in [0.4, 0.5) is 0 Å². The van der Waals surface area contributed by atoms with Crippen LogP contribution in [0.3, 0.4) is 0 Å². The van der Waals surface area contributed by atoms with E-state index in [-0.39, 0.29) is 24.0 Å². The average Bonchev–Trinajstić information content (AvgIpc) is 3.30. The van der Waals surface area contributed by atoms with Gasteiger partial charge in [0.2, 0.25) is 5.91 Å². The quantitative estimate of drug-likeness (QED) is 0.847. The highest BCUT2D eigenvalue weighted by Gasteiger charge is 2.43. The molecule has 0 aliphatic heterocycles. The van der Waals surface area contributed by atoms with Gasteiger partial charge < -0.3 is 15.2 Å². The summed E-state index contributed by atoms with van der Waals surface area (Å²) < 4.78 is 5.72. The van der Waals surface area contributed by atoms with Crippen LogP contribution in [0.2, 0.25) is 0 Å². The Labute approximate surface area is 131 Å². The van der Waals surface area contributed by atoms with E-state index in [2.05, 4.69) is 17.4 Å². The minimum Gasteiger partial charge on any atom is -0.393 e. The van der Waals surface area contributed by atoms with E-state index in [0.717, 1.165) is 32.1 Å². The van der Waals surface area contributed by atoms with Crippen molar-refractivity contribution in [2.45, 2.75) is 50.9 Å². The summed E-state index contributed by atoms with van der Waals surface area (Å²) in [4.78, 5) is 12.2. The molecule has 0 aromatic heterocycles. The van der Waals surface area contributed by atoms with E-state index in [1.807, 2.05) is 18.2 Å². The molecule has 2 saturated carbocycles. The van der Waals surface area contributed by atoms with Gasteiger partial charge in [0, 0.05) is 12.0 Å². The third-order valence-corrected chi connectivity index (χ3v) is 4.75. The second-order valence-corrected chi connectivity index (χ2v) is 6.62. The molecule has 2 fully saturated rings. The molecular weight excluding hydrogens is 278 g/mol. The van der Waals surface area contributed by atoms with Crippen LogP contribution in [-0.2, 0) is 16.1 Å². The Bertz CT molecular complexity index is 482. The molecule has 1 aromatic carbocycles. The molecule has 0 radical (unpaired) electrons. The average molecular weight is 303 g/mol. The topological polar surface area (TPSA) is 58.6 Å². The van der Waals surface area contributed by atoms with Crippen LogP contribution >= 0.6 is 0 Å². The molecule has 0 bridgehead atoms. The summed E-state index contributed by atoms with van der Waals surface area (Å²) >= 11 is 0. The maximum Gasteiger partial charge on any atom is 0.223 e. The van der Waals surface area contributed by atoms with Crippen molar-refractivity contribution in [1.82, 2.24) is 5.32 Å². The smallest absolute Gasteiger partial charge is 0.223 e. The Balaban J connectivity index is 1.32. The highest BCUT2D eigenvalue weighted by molar-refractivity contribution is 5.81. The first-order valence-electron chi connectivity index (χ1n) is 8.32. The third kappa shape index (κ3) is 4.31. The normalized spacial score (nSPS) is 30.8. The van der Waals surface area contributed by atoms with Crippen molar-refractivity contribution >= 4 is 5.91 Å². The molecule has 2 aliphatic rings. The van der Waals surface area contributed by atoms with Crippen molar-refractivity contribution in [3.63, 3.8) is 0 Å². The van der Waals surface area contributed by atoms with Gasteiger partial charge in [-0.25, -0.2) is 0 Å².